The van der Waals surface area contributed by atoms with Gasteiger partial charge in [0.15, 0.2) is 0 Å². The van der Waals surface area contributed by atoms with Crippen LogP contribution in [0.15, 0.2) is 21.9 Å². The highest BCUT2D eigenvalue weighted by molar-refractivity contribution is 7.10. The van der Waals surface area contributed by atoms with Gasteiger partial charge in [-0.25, -0.2) is 0 Å². The quantitative estimate of drug-likeness (QED) is 0.861. The van der Waals surface area contributed by atoms with Gasteiger partial charge in [0.1, 0.15) is 6.07 Å². The monoisotopic (exact) mass is 285 g/mol. The van der Waals surface area contributed by atoms with E-state index in [0.29, 0.717) is 17.5 Å². The van der Waals surface area contributed by atoms with Crippen molar-refractivity contribution in [3.8, 4) is 6.07 Å². The molecule has 3 rings (SSSR count). The van der Waals surface area contributed by atoms with E-state index in [4.69, 9.17) is 4.42 Å². The van der Waals surface area contributed by atoms with Crippen molar-refractivity contribution >= 4 is 29.4 Å². The second kappa shape index (κ2) is 5.93. The van der Waals surface area contributed by atoms with Gasteiger partial charge < -0.3 is 9.32 Å². The van der Waals surface area contributed by atoms with E-state index in [0.717, 1.165) is 30.8 Å². The van der Waals surface area contributed by atoms with Crippen molar-refractivity contribution in [2.24, 2.45) is 0 Å². The highest BCUT2D eigenvalue weighted by Crippen LogP contribution is 2.26. The molecule has 2 aromatic heterocycles. The van der Waals surface area contributed by atoms with E-state index in [1.165, 1.54) is 6.42 Å². The maximum atomic E-state index is 9.19. The Balaban J connectivity index is 1.83. The summed E-state index contributed by atoms with van der Waals surface area (Å²) in [5, 5.41) is 11.2. The van der Waals surface area contributed by atoms with Gasteiger partial charge in [0.05, 0.1) is 0 Å². The fraction of sp³-hybridized carbons (Fsp3) is 0.333. The Kier molecular flexibility index (Phi) is 3.84. The second-order valence-electron chi connectivity index (χ2n) is 4.71. The van der Waals surface area contributed by atoms with E-state index in [2.05, 4.69) is 16.0 Å². The molecule has 0 N–H and O–H groups in total. The summed E-state index contributed by atoms with van der Waals surface area (Å²) in [6.45, 7) is 1.88. The summed E-state index contributed by atoms with van der Waals surface area (Å²) in [4.78, 5) is 7.51. The molecule has 0 bridgehead atoms. The number of thiophene rings is 1. The predicted molar refractivity (Wildman–Crippen MR) is 80.5 cm³/mol. The Morgan fingerprint density at radius 3 is 2.85 bits per heavy atom. The molecule has 0 atom stereocenters. The van der Waals surface area contributed by atoms with Crippen molar-refractivity contribution in [2.75, 3.05) is 18.0 Å². The van der Waals surface area contributed by atoms with Crippen LogP contribution >= 0.6 is 11.3 Å². The summed E-state index contributed by atoms with van der Waals surface area (Å²) in [5.41, 5.74) is 0.387. The standard InChI is InChI=1S/C15H15N3OS/c16-11-13-15(18-8-2-1-3-9-18)19-14(17-13)7-6-12-5-4-10-20-12/h4-7,10H,1-3,8-9H2/b7-6+. The number of hydrogen-bond acceptors (Lipinski definition) is 5. The second-order valence-corrected chi connectivity index (χ2v) is 5.69. The number of nitriles is 1. The van der Waals surface area contributed by atoms with Crippen molar-refractivity contribution in [3.63, 3.8) is 0 Å². The third kappa shape index (κ3) is 2.75. The lowest BCUT2D eigenvalue weighted by Gasteiger charge is -2.25. The molecule has 1 aliphatic rings. The van der Waals surface area contributed by atoms with Crippen LogP contribution < -0.4 is 4.90 Å². The zero-order valence-corrected chi connectivity index (χ0v) is 11.9. The smallest absolute Gasteiger partial charge is 0.235 e. The van der Waals surface area contributed by atoms with Gasteiger partial charge in [-0.2, -0.15) is 10.2 Å². The topological polar surface area (TPSA) is 53.1 Å². The summed E-state index contributed by atoms with van der Waals surface area (Å²) in [5.74, 6) is 1.12. The zero-order valence-electron chi connectivity index (χ0n) is 11.1. The minimum atomic E-state index is 0.387. The highest BCUT2D eigenvalue weighted by atomic mass is 32.1. The Bertz CT molecular complexity index is 631. The van der Waals surface area contributed by atoms with Crippen LogP contribution in [0, 0.1) is 11.3 Å². The molecule has 4 nitrogen and oxygen atoms in total. The highest BCUT2D eigenvalue weighted by Gasteiger charge is 2.20. The fourth-order valence-corrected chi connectivity index (χ4v) is 2.94. The molecule has 0 spiro atoms. The van der Waals surface area contributed by atoms with Crippen LogP contribution in [-0.4, -0.2) is 18.1 Å². The van der Waals surface area contributed by atoms with Gasteiger partial charge in [-0.1, -0.05) is 6.07 Å². The number of aromatic nitrogens is 1. The van der Waals surface area contributed by atoms with E-state index in [1.807, 2.05) is 29.7 Å². The van der Waals surface area contributed by atoms with Crippen molar-refractivity contribution < 1.29 is 4.42 Å². The normalized spacial score (nSPS) is 15.7. The molecule has 0 radical (unpaired) electrons. The van der Waals surface area contributed by atoms with Crippen molar-refractivity contribution in [3.05, 3.63) is 34.0 Å². The largest absolute Gasteiger partial charge is 0.420 e. The zero-order chi connectivity index (χ0) is 13.8. The Morgan fingerprint density at radius 2 is 2.15 bits per heavy atom. The molecule has 0 unspecified atom stereocenters. The molecule has 5 heteroatoms. The summed E-state index contributed by atoms with van der Waals surface area (Å²) in [7, 11) is 0. The maximum absolute atomic E-state index is 9.19. The van der Waals surface area contributed by atoms with Crippen LogP contribution in [-0.2, 0) is 0 Å². The van der Waals surface area contributed by atoms with E-state index in [9.17, 15) is 5.26 Å². The first-order valence-corrected chi connectivity index (χ1v) is 7.62. The van der Waals surface area contributed by atoms with Crippen LogP contribution in [0.1, 0.15) is 35.7 Å². The van der Waals surface area contributed by atoms with Crippen molar-refractivity contribution in [2.45, 2.75) is 19.3 Å². The number of hydrogen-bond donors (Lipinski definition) is 0. The molecule has 1 saturated heterocycles. The van der Waals surface area contributed by atoms with Gasteiger partial charge in [0.25, 0.3) is 0 Å². The molecule has 0 amide bonds. The summed E-state index contributed by atoms with van der Waals surface area (Å²) < 4.78 is 5.75. The van der Waals surface area contributed by atoms with Crippen LogP contribution in [0.25, 0.3) is 12.2 Å². The first kappa shape index (κ1) is 12.9. The van der Waals surface area contributed by atoms with Crippen LogP contribution in [0.5, 0.6) is 0 Å². The predicted octanol–water partition coefficient (Wildman–Crippen LogP) is 3.77. The first-order valence-electron chi connectivity index (χ1n) is 6.74. The SMILES string of the molecule is N#Cc1nc(/C=C/c2cccs2)oc1N1CCCCC1. The third-order valence-corrected chi connectivity index (χ3v) is 4.15. The lowest BCUT2D eigenvalue weighted by molar-refractivity contribution is 0.492. The van der Waals surface area contributed by atoms with Crippen LogP contribution in [0.2, 0.25) is 0 Å². The minimum absolute atomic E-state index is 0.387. The minimum Gasteiger partial charge on any atom is -0.420 e. The molecule has 0 saturated carbocycles. The number of rotatable bonds is 3. The van der Waals surface area contributed by atoms with Crippen LogP contribution in [0.3, 0.4) is 0 Å². The molecule has 2 aromatic rings. The van der Waals surface area contributed by atoms with Crippen LogP contribution in [0.4, 0.5) is 5.88 Å². The molecule has 0 aromatic carbocycles. The van der Waals surface area contributed by atoms with Gasteiger partial charge >= 0.3 is 0 Å². The lowest BCUT2D eigenvalue weighted by atomic mass is 10.1. The average molecular weight is 285 g/mol. The first-order chi connectivity index (χ1) is 9.86. The van der Waals surface area contributed by atoms with Gasteiger partial charge in [0.2, 0.25) is 17.5 Å². The summed E-state index contributed by atoms with van der Waals surface area (Å²) >= 11 is 1.66. The Labute approximate surface area is 122 Å². The van der Waals surface area contributed by atoms with Gasteiger partial charge in [-0.3, -0.25) is 0 Å². The average Bonchev–Trinajstić information content (AvgIpc) is 3.15. The molecule has 102 valence electrons. The molecule has 1 fully saturated rings. The van der Waals surface area contributed by atoms with Gasteiger partial charge in [-0.05, 0) is 36.8 Å². The number of nitrogens with zero attached hydrogens (tertiary/aromatic N) is 3. The molecule has 0 aliphatic carbocycles. The van der Waals surface area contributed by atoms with E-state index in [1.54, 1.807) is 11.3 Å². The molecular weight excluding hydrogens is 270 g/mol. The Hall–Kier alpha value is -2.06. The maximum Gasteiger partial charge on any atom is 0.235 e. The van der Waals surface area contributed by atoms with E-state index in [-0.39, 0.29) is 0 Å². The van der Waals surface area contributed by atoms with Crippen molar-refractivity contribution in [1.82, 2.24) is 4.98 Å². The van der Waals surface area contributed by atoms with Gasteiger partial charge in [0, 0.05) is 24.0 Å². The van der Waals surface area contributed by atoms with E-state index < -0.39 is 0 Å². The third-order valence-electron chi connectivity index (χ3n) is 3.31. The van der Waals surface area contributed by atoms with E-state index >= 15 is 0 Å². The number of anilines is 1. The molecule has 20 heavy (non-hydrogen) atoms. The summed E-state index contributed by atoms with van der Waals surface area (Å²) in [6.07, 6.45) is 7.31. The summed E-state index contributed by atoms with van der Waals surface area (Å²) in [6, 6.07) is 6.16. The molecular formula is C15H15N3OS. The van der Waals surface area contributed by atoms with Crippen molar-refractivity contribution in [1.29, 1.82) is 5.26 Å². The molecule has 3 heterocycles. The lowest BCUT2D eigenvalue weighted by Crippen LogP contribution is -2.29. The fourth-order valence-electron chi connectivity index (χ4n) is 2.32. The number of oxazole rings is 1. The Morgan fingerprint density at radius 1 is 1.30 bits per heavy atom. The molecule has 1 aliphatic heterocycles. The number of piperidine rings is 1. The van der Waals surface area contributed by atoms with Gasteiger partial charge in [-0.15, -0.1) is 11.3 Å².